The summed E-state index contributed by atoms with van der Waals surface area (Å²) < 4.78 is 5.69. The average Bonchev–Trinajstić information content (AvgIpc) is 3.41. The van der Waals surface area contributed by atoms with Gasteiger partial charge in [-0.25, -0.2) is 0 Å². The highest BCUT2D eigenvalue weighted by molar-refractivity contribution is 5.80. The van der Waals surface area contributed by atoms with E-state index in [0.29, 0.717) is 0 Å². The van der Waals surface area contributed by atoms with E-state index in [4.69, 9.17) is 9.73 Å². The van der Waals surface area contributed by atoms with Gasteiger partial charge < -0.3 is 15.0 Å². The molecule has 2 aliphatic rings. The second-order valence-electron chi connectivity index (χ2n) is 6.55. The first kappa shape index (κ1) is 16.3. The van der Waals surface area contributed by atoms with E-state index >= 15 is 0 Å². The molecule has 0 amide bonds. The summed E-state index contributed by atoms with van der Waals surface area (Å²) in [6.07, 6.45) is 4.83. The number of nitrogens with one attached hydrogen (secondary N) is 1. The number of fused-ring (bicyclic) bond motifs is 1. The lowest BCUT2D eigenvalue weighted by atomic mass is 10.0. The predicted octanol–water partition coefficient (Wildman–Crippen LogP) is 2.83. The Morgan fingerprint density at radius 1 is 1.30 bits per heavy atom. The Balaban J connectivity index is 1.48. The Kier molecular flexibility index (Phi) is 5.92. The lowest BCUT2D eigenvalue weighted by molar-refractivity contribution is 0.123. The van der Waals surface area contributed by atoms with Crippen LogP contribution in [0, 0.1) is 5.92 Å². The highest BCUT2D eigenvalue weighted by Gasteiger charge is 2.21. The number of hydrogen-bond donors (Lipinski definition) is 1. The molecule has 0 aromatic heterocycles. The van der Waals surface area contributed by atoms with Gasteiger partial charge in [0.05, 0.1) is 0 Å². The standard InChI is InChI=1S/C19H29N3O/c1-2-20-19(21-11-5-13-23-15-16-8-9-16)22-12-10-17-6-3-4-7-18(17)14-22/h3-4,6-7,16H,2,5,8-15H2,1H3,(H,20,21). The van der Waals surface area contributed by atoms with Gasteiger partial charge in [0.2, 0.25) is 0 Å². The number of nitrogens with zero attached hydrogens (tertiary/aromatic N) is 2. The topological polar surface area (TPSA) is 36.9 Å². The molecule has 1 saturated carbocycles. The number of guanidine groups is 1. The van der Waals surface area contributed by atoms with Gasteiger partial charge in [0.1, 0.15) is 0 Å². The predicted molar refractivity (Wildman–Crippen MR) is 94.7 cm³/mol. The molecule has 3 rings (SSSR count). The van der Waals surface area contributed by atoms with Crippen molar-refractivity contribution < 1.29 is 4.74 Å². The van der Waals surface area contributed by atoms with E-state index in [0.717, 1.165) is 64.1 Å². The first-order chi connectivity index (χ1) is 11.4. The summed E-state index contributed by atoms with van der Waals surface area (Å²) in [5, 5.41) is 3.44. The molecule has 4 nitrogen and oxygen atoms in total. The molecule has 1 N–H and O–H groups in total. The molecule has 0 saturated heterocycles. The van der Waals surface area contributed by atoms with Crippen LogP contribution in [0.4, 0.5) is 0 Å². The monoisotopic (exact) mass is 315 g/mol. The van der Waals surface area contributed by atoms with Crippen molar-refractivity contribution in [3.05, 3.63) is 35.4 Å². The highest BCUT2D eigenvalue weighted by Crippen LogP contribution is 2.28. The first-order valence-corrected chi connectivity index (χ1v) is 9.04. The van der Waals surface area contributed by atoms with Crippen LogP contribution in [-0.2, 0) is 17.7 Å². The maximum atomic E-state index is 5.69. The lowest BCUT2D eigenvalue weighted by Crippen LogP contribution is -2.44. The summed E-state index contributed by atoms with van der Waals surface area (Å²) in [7, 11) is 0. The molecule has 0 bridgehead atoms. The fourth-order valence-corrected chi connectivity index (χ4v) is 2.99. The first-order valence-electron chi connectivity index (χ1n) is 9.04. The molecule has 23 heavy (non-hydrogen) atoms. The van der Waals surface area contributed by atoms with Gasteiger partial charge in [0, 0.05) is 39.4 Å². The molecule has 1 aliphatic heterocycles. The van der Waals surface area contributed by atoms with Crippen LogP contribution in [0.25, 0.3) is 0 Å². The average molecular weight is 315 g/mol. The van der Waals surface area contributed by atoms with Gasteiger partial charge >= 0.3 is 0 Å². The summed E-state index contributed by atoms with van der Waals surface area (Å²) in [5.41, 5.74) is 2.91. The van der Waals surface area contributed by atoms with E-state index in [-0.39, 0.29) is 0 Å². The van der Waals surface area contributed by atoms with Crippen molar-refractivity contribution >= 4 is 5.96 Å². The molecule has 0 spiro atoms. The number of benzene rings is 1. The van der Waals surface area contributed by atoms with Crippen molar-refractivity contribution in [1.29, 1.82) is 0 Å². The largest absolute Gasteiger partial charge is 0.381 e. The summed E-state index contributed by atoms with van der Waals surface area (Å²) in [6.45, 7) is 7.67. The minimum Gasteiger partial charge on any atom is -0.381 e. The number of ether oxygens (including phenoxy) is 1. The Morgan fingerprint density at radius 2 is 2.13 bits per heavy atom. The van der Waals surface area contributed by atoms with Crippen molar-refractivity contribution in [2.75, 3.05) is 32.8 Å². The van der Waals surface area contributed by atoms with Crippen LogP contribution in [0.3, 0.4) is 0 Å². The molecule has 0 atom stereocenters. The van der Waals surface area contributed by atoms with Gasteiger partial charge in [0.25, 0.3) is 0 Å². The summed E-state index contributed by atoms with van der Waals surface area (Å²) >= 11 is 0. The van der Waals surface area contributed by atoms with E-state index < -0.39 is 0 Å². The fraction of sp³-hybridized carbons (Fsp3) is 0.632. The zero-order valence-electron chi connectivity index (χ0n) is 14.3. The van der Waals surface area contributed by atoms with Crippen molar-refractivity contribution in [3.63, 3.8) is 0 Å². The number of aliphatic imine (C=N–C) groups is 1. The molecule has 1 aromatic carbocycles. The number of hydrogen-bond acceptors (Lipinski definition) is 2. The van der Waals surface area contributed by atoms with Crippen molar-refractivity contribution in [2.45, 2.75) is 39.2 Å². The third kappa shape index (κ3) is 4.96. The second-order valence-corrected chi connectivity index (χ2v) is 6.55. The van der Waals surface area contributed by atoms with Gasteiger partial charge in [0.15, 0.2) is 5.96 Å². The third-order valence-corrected chi connectivity index (χ3v) is 4.52. The lowest BCUT2D eigenvalue weighted by Gasteiger charge is -2.31. The molecule has 0 radical (unpaired) electrons. The van der Waals surface area contributed by atoms with Gasteiger partial charge in [-0.15, -0.1) is 0 Å². The maximum Gasteiger partial charge on any atom is 0.194 e. The summed E-state index contributed by atoms with van der Waals surface area (Å²) in [5.74, 6) is 1.90. The maximum absolute atomic E-state index is 5.69. The molecule has 1 fully saturated rings. The van der Waals surface area contributed by atoms with Crippen molar-refractivity contribution in [2.24, 2.45) is 10.9 Å². The molecule has 0 unspecified atom stereocenters. The summed E-state index contributed by atoms with van der Waals surface area (Å²) in [4.78, 5) is 7.17. The zero-order chi connectivity index (χ0) is 15.9. The van der Waals surface area contributed by atoms with Crippen LogP contribution in [0.2, 0.25) is 0 Å². The third-order valence-electron chi connectivity index (χ3n) is 4.52. The molecule has 1 heterocycles. The molecule has 1 aromatic rings. The van der Waals surface area contributed by atoms with Crippen LogP contribution < -0.4 is 5.32 Å². The van der Waals surface area contributed by atoms with Crippen molar-refractivity contribution in [3.8, 4) is 0 Å². The van der Waals surface area contributed by atoms with E-state index in [1.54, 1.807) is 0 Å². The highest BCUT2D eigenvalue weighted by atomic mass is 16.5. The summed E-state index contributed by atoms with van der Waals surface area (Å²) in [6, 6.07) is 8.74. The smallest absolute Gasteiger partial charge is 0.194 e. The molecular formula is C19H29N3O. The molecule has 126 valence electrons. The molecular weight excluding hydrogens is 286 g/mol. The Morgan fingerprint density at radius 3 is 2.91 bits per heavy atom. The van der Waals surface area contributed by atoms with Gasteiger partial charge in [-0.05, 0) is 49.7 Å². The van der Waals surface area contributed by atoms with E-state index in [2.05, 4.69) is 41.4 Å². The minimum atomic E-state index is 0.836. The van der Waals surface area contributed by atoms with Gasteiger partial charge in [-0.3, -0.25) is 4.99 Å². The van der Waals surface area contributed by atoms with Crippen LogP contribution in [0.15, 0.2) is 29.3 Å². The Hall–Kier alpha value is -1.55. The van der Waals surface area contributed by atoms with E-state index in [1.807, 2.05) is 0 Å². The minimum absolute atomic E-state index is 0.836. The van der Waals surface area contributed by atoms with Crippen LogP contribution in [-0.4, -0.2) is 43.7 Å². The number of rotatable bonds is 7. The van der Waals surface area contributed by atoms with E-state index in [9.17, 15) is 0 Å². The van der Waals surface area contributed by atoms with Crippen LogP contribution in [0.1, 0.15) is 37.3 Å². The SMILES string of the molecule is CCNC(=NCCCOCC1CC1)N1CCc2ccccc2C1. The quantitative estimate of drug-likeness (QED) is 0.477. The van der Waals surface area contributed by atoms with Gasteiger partial charge in [-0.1, -0.05) is 24.3 Å². The zero-order valence-corrected chi connectivity index (χ0v) is 14.3. The fourth-order valence-electron chi connectivity index (χ4n) is 2.99. The van der Waals surface area contributed by atoms with Crippen LogP contribution >= 0.6 is 0 Å². The van der Waals surface area contributed by atoms with Crippen molar-refractivity contribution in [1.82, 2.24) is 10.2 Å². The molecule has 1 aliphatic carbocycles. The Bertz CT molecular complexity index is 525. The van der Waals surface area contributed by atoms with E-state index in [1.165, 1.54) is 24.0 Å². The van der Waals surface area contributed by atoms with Crippen LogP contribution in [0.5, 0.6) is 0 Å². The van der Waals surface area contributed by atoms with Gasteiger partial charge in [-0.2, -0.15) is 0 Å². The second kappa shape index (κ2) is 8.34. The Labute approximate surface area is 139 Å². The normalized spacial score (nSPS) is 18.0. The molecule has 4 heteroatoms.